The van der Waals surface area contributed by atoms with E-state index in [0.717, 1.165) is 15.3 Å². The van der Waals surface area contributed by atoms with E-state index in [1.165, 1.54) is 35.7 Å². The largest absolute Gasteiger partial charge is 0.364 e. The Labute approximate surface area is 169 Å². The highest BCUT2D eigenvalue weighted by molar-refractivity contribution is 7.15. The standard InChI is InChI=1S/C22H15F2N3OS/c23-14-7-5-13(6-8-14)20-10-9-15(29-20)11-18-21(22(25)28)26-12-19(27-18)16-3-1-2-4-17(16)24/h1-10,12H,11H2,(H2,25,28). The first-order valence-electron chi connectivity index (χ1n) is 8.76. The van der Waals surface area contributed by atoms with E-state index in [-0.39, 0.29) is 11.5 Å². The summed E-state index contributed by atoms with van der Waals surface area (Å²) in [5, 5.41) is 0. The highest BCUT2D eigenvalue weighted by Crippen LogP contribution is 2.30. The van der Waals surface area contributed by atoms with Crippen LogP contribution in [-0.2, 0) is 6.42 Å². The molecule has 0 aliphatic carbocycles. The summed E-state index contributed by atoms with van der Waals surface area (Å²) in [5.41, 5.74) is 7.41. The molecule has 2 aromatic carbocycles. The summed E-state index contributed by atoms with van der Waals surface area (Å²) in [6, 6.07) is 16.3. The van der Waals surface area contributed by atoms with Gasteiger partial charge in [-0.2, -0.15) is 0 Å². The van der Waals surface area contributed by atoms with E-state index < -0.39 is 11.7 Å². The van der Waals surface area contributed by atoms with Crippen molar-refractivity contribution in [3.05, 3.63) is 94.8 Å². The van der Waals surface area contributed by atoms with E-state index in [9.17, 15) is 13.6 Å². The van der Waals surface area contributed by atoms with Crippen LogP contribution in [0.3, 0.4) is 0 Å². The predicted octanol–water partition coefficient (Wildman–Crippen LogP) is 4.84. The number of aromatic nitrogens is 2. The van der Waals surface area contributed by atoms with Crippen molar-refractivity contribution >= 4 is 17.2 Å². The second kappa shape index (κ2) is 7.89. The zero-order valence-corrected chi connectivity index (χ0v) is 15.9. The van der Waals surface area contributed by atoms with Gasteiger partial charge in [0, 0.05) is 21.7 Å². The normalized spacial score (nSPS) is 10.8. The average molecular weight is 407 g/mol. The topological polar surface area (TPSA) is 68.9 Å². The molecule has 4 rings (SSSR count). The van der Waals surface area contributed by atoms with Crippen molar-refractivity contribution in [1.29, 1.82) is 0 Å². The van der Waals surface area contributed by atoms with Gasteiger partial charge in [0.1, 0.15) is 17.3 Å². The molecule has 29 heavy (non-hydrogen) atoms. The summed E-state index contributed by atoms with van der Waals surface area (Å²) in [4.78, 5) is 22.3. The lowest BCUT2D eigenvalue weighted by Crippen LogP contribution is -2.17. The first-order valence-corrected chi connectivity index (χ1v) is 9.58. The van der Waals surface area contributed by atoms with E-state index in [4.69, 9.17) is 5.73 Å². The number of carbonyl (C=O) groups is 1. The van der Waals surface area contributed by atoms with Crippen LogP contribution in [0.4, 0.5) is 8.78 Å². The van der Waals surface area contributed by atoms with Gasteiger partial charge < -0.3 is 5.73 Å². The van der Waals surface area contributed by atoms with Crippen LogP contribution in [0.1, 0.15) is 21.1 Å². The van der Waals surface area contributed by atoms with Gasteiger partial charge in [0.25, 0.3) is 5.91 Å². The number of nitrogens with two attached hydrogens (primary N) is 1. The van der Waals surface area contributed by atoms with Gasteiger partial charge in [-0.3, -0.25) is 4.79 Å². The SMILES string of the molecule is NC(=O)c1ncc(-c2ccccc2F)nc1Cc1ccc(-c2ccc(F)cc2)s1. The molecule has 0 aliphatic heterocycles. The summed E-state index contributed by atoms with van der Waals surface area (Å²) >= 11 is 1.50. The molecule has 0 atom stereocenters. The molecule has 0 saturated heterocycles. The number of halogens is 2. The average Bonchev–Trinajstić information content (AvgIpc) is 3.17. The highest BCUT2D eigenvalue weighted by Gasteiger charge is 2.16. The number of thiophene rings is 1. The van der Waals surface area contributed by atoms with Crippen molar-refractivity contribution in [1.82, 2.24) is 9.97 Å². The maximum absolute atomic E-state index is 14.1. The third-order valence-corrected chi connectivity index (χ3v) is 5.49. The summed E-state index contributed by atoms with van der Waals surface area (Å²) in [6.45, 7) is 0. The zero-order chi connectivity index (χ0) is 20.4. The minimum Gasteiger partial charge on any atom is -0.364 e. The predicted molar refractivity (Wildman–Crippen MR) is 108 cm³/mol. The maximum atomic E-state index is 14.1. The fourth-order valence-electron chi connectivity index (χ4n) is 2.96. The third kappa shape index (κ3) is 4.05. The number of hydrogen-bond donors (Lipinski definition) is 1. The number of rotatable bonds is 5. The molecule has 0 unspecified atom stereocenters. The summed E-state index contributed by atoms with van der Waals surface area (Å²) in [6.07, 6.45) is 1.67. The molecule has 4 nitrogen and oxygen atoms in total. The molecule has 0 radical (unpaired) electrons. The van der Waals surface area contributed by atoms with Crippen LogP contribution in [0.2, 0.25) is 0 Å². The van der Waals surface area contributed by atoms with Crippen LogP contribution < -0.4 is 5.73 Å². The van der Waals surface area contributed by atoms with Crippen LogP contribution in [0.15, 0.2) is 66.9 Å². The van der Waals surface area contributed by atoms with Gasteiger partial charge in [-0.05, 0) is 42.0 Å². The van der Waals surface area contributed by atoms with Crippen LogP contribution >= 0.6 is 11.3 Å². The van der Waals surface area contributed by atoms with Gasteiger partial charge >= 0.3 is 0 Å². The molecule has 0 bridgehead atoms. The molecule has 4 aromatic rings. The molecule has 7 heteroatoms. The molecular weight excluding hydrogens is 392 g/mol. The molecule has 2 aromatic heterocycles. The van der Waals surface area contributed by atoms with Gasteiger partial charge in [-0.25, -0.2) is 18.7 Å². The van der Waals surface area contributed by atoms with Crippen molar-refractivity contribution in [2.24, 2.45) is 5.73 Å². The van der Waals surface area contributed by atoms with Crippen LogP contribution in [-0.4, -0.2) is 15.9 Å². The number of nitrogens with zero attached hydrogens (tertiary/aromatic N) is 2. The highest BCUT2D eigenvalue weighted by atomic mass is 32.1. The van der Waals surface area contributed by atoms with Gasteiger partial charge in [0.15, 0.2) is 0 Å². The lowest BCUT2D eigenvalue weighted by atomic mass is 10.1. The van der Waals surface area contributed by atoms with Crippen molar-refractivity contribution in [3.8, 4) is 21.7 Å². The van der Waals surface area contributed by atoms with E-state index >= 15 is 0 Å². The quantitative estimate of drug-likeness (QED) is 0.515. The maximum Gasteiger partial charge on any atom is 0.269 e. The lowest BCUT2D eigenvalue weighted by molar-refractivity contribution is 0.0994. The monoisotopic (exact) mass is 407 g/mol. The Morgan fingerprint density at radius 1 is 1.00 bits per heavy atom. The van der Waals surface area contributed by atoms with Crippen LogP contribution in [0.5, 0.6) is 0 Å². The van der Waals surface area contributed by atoms with Crippen molar-refractivity contribution < 1.29 is 13.6 Å². The zero-order valence-electron chi connectivity index (χ0n) is 15.1. The van der Waals surface area contributed by atoms with Crippen molar-refractivity contribution in [2.75, 3.05) is 0 Å². The molecule has 2 N–H and O–H groups in total. The number of primary amides is 1. The first-order chi connectivity index (χ1) is 14.0. The van der Waals surface area contributed by atoms with Crippen molar-refractivity contribution in [3.63, 3.8) is 0 Å². The lowest BCUT2D eigenvalue weighted by Gasteiger charge is -2.08. The Hall–Kier alpha value is -3.45. The van der Waals surface area contributed by atoms with Gasteiger partial charge in [-0.1, -0.05) is 24.3 Å². The number of carbonyl (C=O) groups excluding carboxylic acids is 1. The second-order valence-corrected chi connectivity index (χ2v) is 7.51. The van der Waals surface area contributed by atoms with Crippen molar-refractivity contribution in [2.45, 2.75) is 6.42 Å². The van der Waals surface area contributed by atoms with E-state index in [0.29, 0.717) is 23.4 Å². The smallest absolute Gasteiger partial charge is 0.269 e. The summed E-state index contributed by atoms with van der Waals surface area (Å²) in [7, 11) is 0. The minimum absolute atomic E-state index is 0.0572. The Kier molecular flexibility index (Phi) is 5.14. The molecular formula is C22H15F2N3OS. The van der Waals surface area contributed by atoms with Crippen LogP contribution in [0, 0.1) is 11.6 Å². The number of amides is 1. The fourth-order valence-corrected chi connectivity index (χ4v) is 3.98. The Balaban J connectivity index is 1.69. The van der Waals surface area contributed by atoms with Gasteiger partial charge in [0.2, 0.25) is 0 Å². The third-order valence-electron chi connectivity index (χ3n) is 4.36. The Morgan fingerprint density at radius 3 is 2.48 bits per heavy atom. The van der Waals surface area contributed by atoms with E-state index in [1.54, 1.807) is 30.3 Å². The number of benzene rings is 2. The molecule has 0 aliphatic rings. The van der Waals surface area contributed by atoms with Gasteiger partial charge in [0.05, 0.1) is 17.6 Å². The molecule has 1 amide bonds. The van der Waals surface area contributed by atoms with E-state index in [2.05, 4.69) is 9.97 Å². The Bertz CT molecular complexity index is 1190. The molecule has 144 valence electrons. The minimum atomic E-state index is -0.692. The number of hydrogen-bond acceptors (Lipinski definition) is 4. The Morgan fingerprint density at radius 2 is 1.76 bits per heavy atom. The molecule has 0 spiro atoms. The first kappa shape index (κ1) is 18.9. The molecule has 0 saturated carbocycles. The summed E-state index contributed by atoms with van der Waals surface area (Å²) in [5.74, 6) is -1.41. The summed E-state index contributed by atoms with van der Waals surface area (Å²) < 4.78 is 27.3. The second-order valence-electron chi connectivity index (χ2n) is 6.34. The van der Waals surface area contributed by atoms with Gasteiger partial charge in [-0.15, -0.1) is 11.3 Å². The molecule has 2 heterocycles. The molecule has 0 fully saturated rings. The van der Waals surface area contributed by atoms with E-state index in [1.807, 2.05) is 12.1 Å². The fraction of sp³-hybridized carbons (Fsp3) is 0.0455. The van der Waals surface area contributed by atoms with Crippen LogP contribution in [0.25, 0.3) is 21.7 Å².